The summed E-state index contributed by atoms with van der Waals surface area (Å²) in [7, 11) is 0. The molecule has 2 atom stereocenters. The van der Waals surface area contributed by atoms with Gasteiger partial charge in [-0.05, 0) is 86.6 Å². The van der Waals surface area contributed by atoms with Gasteiger partial charge >= 0.3 is 5.97 Å². The minimum Gasteiger partial charge on any atom is -0.478 e. The van der Waals surface area contributed by atoms with Gasteiger partial charge in [0.25, 0.3) is 0 Å². The van der Waals surface area contributed by atoms with Gasteiger partial charge in [-0.25, -0.2) is 9.18 Å². The number of aliphatic hydroxyl groups excluding tert-OH is 1. The molecule has 0 aromatic heterocycles. The molecule has 0 spiro atoms. The molecule has 0 aliphatic rings. The molecular formula is C30H36FNO4. The zero-order valence-electron chi connectivity index (χ0n) is 21.6. The van der Waals surface area contributed by atoms with Crippen molar-refractivity contribution >= 4 is 5.97 Å². The minimum absolute atomic E-state index is 0.0778. The van der Waals surface area contributed by atoms with E-state index in [4.69, 9.17) is 4.74 Å². The summed E-state index contributed by atoms with van der Waals surface area (Å²) in [4.78, 5) is 11.7. The highest BCUT2D eigenvalue weighted by atomic mass is 19.1. The number of β-amino-alcohol motifs (C(OH)–C–C–N with tert-alkyl or cyclic N) is 1. The number of benzene rings is 3. The average molecular weight is 494 g/mol. The molecule has 0 saturated heterocycles. The van der Waals surface area contributed by atoms with Crippen molar-refractivity contribution < 1.29 is 24.1 Å². The first-order valence-electron chi connectivity index (χ1n) is 12.2. The minimum atomic E-state index is -0.986. The average Bonchev–Trinajstić information content (AvgIpc) is 2.83. The van der Waals surface area contributed by atoms with Crippen LogP contribution in [0.3, 0.4) is 0 Å². The fourth-order valence-electron chi connectivity index (χ4n) is 4.46. The highest BCUT2D eigenvalue weighted by molar-refractivity contribution is 5.91. The number of rotatable bonds is 11. The van der Waals surface area contributed by atoms with Gasteiger partial charge in [0.05, 0.1) is 24.4 Å². The molecule has 0 heterocycles. The Hall–Kier alpha value is -3.06. The van der Waals surface area contributed by atoms with Crippen molar-refractivity contribution in [3.63, 3.8) is 0 Å². The maximum Gasteiger partial charge on any atom is 0.335 e. The second-order valence-electron chi connectivity index (χ2n) is 10.0. The molecule has 192 valence electrons. The number of aliphatic hydroxyl groups is 1. The molecule has 3 aromatic rings. The number of carbonyl (C=O) groups is 1. The van der Waals surface area contributed by atoms with Gasteiger partial charge < -0.3 is 20.3 Å². The summed E-state index contributed by atoms with van der Waals surface area (Å²) in [6, 6.07) is 18.4. The molecule has 0 saturated carbocycles. The molecule has 3 N–H and O–H groups in total. The van der Waals surface area contributed by atoms with Gasteiger partial charge in [0.2, 0.25) is 0 Å². The van der Waals surface area contributed by atoms with Gasteiger partial charge in [-0.1, -0.05) is 48.5 Å². The second kappa shape index (κ2) is 11.8. The van der Waals surface area contributed by atoms with Crippen LogP contribution in [-0.2, 0) is 11.2 Å². The predicted octanol–water partition coefficient (Wildman–Crippen LogP) is 5.86. The Bertz CT molecular complexity index is 1190. The Labute approximate surface area is 213 Å². The topological polar surface area (TPSA) is 78.8 Å². The van der Waals surface area contributed by atoms with Crippen LogP contribution in [0, 0.1) is 19.7 Å². The van der Waals surface area contributed by atoms with Crippen molar-refractivity contribution in [3.8, 4) is 11.1 Å². The van der Waals surface area contributed by atoms with Gasteiger partial charge in [-0.3, -0.25) is 0 Å². The molecule has 3 rings (SSSR count). The quantitative estimate of drug-likeness (QED) is 0.312. The van der Waals surface area contributed by atoms with Crippen LogP contribution in [0.2, 0.25) is 0 Å². The molecule has 1 unspecified atom stereocenters. The van der Waals surface area contributed by atoms with Crippen molar-refractivity contribution in [2.24, 2.45) is 0 Å². The molecule has 0 radical (unpaired) electrons. The van der Waals surface area contributed by atoms with Crippen LogP contribution in [-0.4, -0.2) is 41.0 Å². The van der Waals surface area contributed by atoms with E-state index in [9.17, 15) is 19.4 Å². The Morgan fingerprint density at radius 1 is 1.08 bits per heavy atom. The van der Waals surface area contributed by atoms with Crippen LogP contribution < -0.4 is 5.32 Å². The summed E-state index contributed by atoms with van der Waals surface area (Å²) in [6.07, 6.45) is -0.599. The third-order valence-corrected chi connectivity index (χ3v) is 6.47. The maximum absolute atomic E-state index is 13.9. The fraction of sp³-hybridized carbons (Fsp3) is 0.367. The summed E-state index contributed by atoms with van der Waals surface area (Å²) in [5, 5.41) is 23.6. The highest BCUT2D eigenvalue weighted by Gasteiger charge is 2.23. The van der Waals surface area contributed by atoms with Crippen molar-refractivity contribution in [2.75, 3.05) is 13.2 Å². The molecule has 0 bridgehead atoms. The lowest BCUT2D eigenvalue weighted by Gasteiger charge is -2.29. The highest BCUT2D eigenvalue weighted by Crippen LogP contribution is 2.34. The van der Waals surface area contributed by atoms with E-state index >= 15 is 0 Å². The summed E-state index contributed by atoms with van der Waals surface area (Å²) in [6.45, 7) is 9.79. The smallest absolute Gasteiger partial charge is 0.335 e. The Balaban J connectivity index is 1.66. The zero-order chi connectivity index (χ0) is 26.5. The summed E-state index contributed by atoms with van der Waals surface area (Å²) in [5.41, 5.74) is 4.70. The van der Waals surface area contributed by atoms with Crippen LogP contribution in [0.1, 0.15) is 59.5 Å². The lowest BCUT2D eigenvalue weighted by molar-refractivity contribution is -0.00423. The van der Waals surface area contributed by atoms with E-state index < -0.39 is 18.2 Å². The van der Waals surface area contributed by atoms with Crippen LogP contribution in [0.25, 0.3) is 11.1 Å². The lowest BCUT2D eigenvalue weighted by Crippen LogP contribution is -2.46. The van der Waals surface area contributed by atoms with E-state index in [2.05, 4.69) is 5.32 Å². The Morgan fingerprint density at radius 2 is 1.78 bits per heavy atom. The molecule has 0 fully saturated rings. The van der Waals surface area contributed by atoms with E-state index in [1.54, 1.807) is 32.0 Å². The number of hydrogen-bond donors (Lipinski definition) is 3. The third-order valence-electron chi connectivity index (χ3n) is 6.47. The molecule has 36 heavy (non-hydrogen) atoms. The van der Waals surface area contributed by atoms with Crippen molar-refractivity contribution in [2.45, 2.75) is 58.8 Å². The Kier molecular flexibility index (Phi) is 9.01. The maximum atomic E-state index is 13.9. The summed E-state index contributed by atoms with van der Waals surface area (Å²) < 4.78 is 20.0. The normalized spacial score (nSPS) is 13.4. The van der Waals surface area contributed by atoms with Crippen molar-refractivity contribution in [3.05, 3.63) is 94.3 Å². The first kappa shape index (κ1) is 27.5. The van der Waals surface area contributed by atoms with Gasteiger partial charge in [0.15, 0.2) is 0 Å². The van der Waals surface area contributed by atoms with E-state index in [0.717, 1.165) is 22.3 Å². The number of carboxylic acids is 1. The van der Waals surface area contributed by atoms with E-state index in [-0.39, 0.29) is 23.5 Å². The monoisotopic (exact) mass is 493 g/mol. The van der Waals surface area contributed by atoms with E-state index in [1.165, 1.54) is 0 Å². The van der Waals surface area contributed by atoms with Gasteiger partial charge in [0, 0.05) is 12.1 Å². The Morgan fingerprint density at radius 3 is 2.42 bits per heavy atom. The molecule has 6 heteroatoms. The first-order chi connectivity index (χ1) is 17.0. The zero-order valence-corrected chi connectivity index (χ0v) is 21.6. The molecule has 0 aliphatic carbocycles. The third kappa shape index (κ3) is 7.00. The van der Waals surface area contributed by atoms with Crippen LogP contribution in [0.4, 0.5) is 4.39 Å². The van der Waals surface area contributed by atoms with Gasteiger partial charge in [-0.2, -0.15) is 0 Å². The van der Waals surface area contributed by atoms with Gasteiger partial charge in [-0.15, -0.1) is 0 Å². The number of aryl methyl sites for hydroxylation is 1. The largest absolute Gasteiger partial charge is 0.478 e. The van der Waals surface area contributed by atoms with Crippen LogP contribution in [0.15, 0.2) is 60.7 Å². The van der Waals surface area contributed by atoms with Crippen molar-refractivity contribution in [1.29, 1.82) is 0 Å². The number of carboxylic acid groups (broad SMARTS) is 1. The lowest BCUT2D eigenvalue weighted by atomic mass is 9.90. The van der Waals surface area contributed by atoms with E-state index in [1.807, 2.05) is 63.2 Å². The molecule has 0 aliphatic heterocycles. The molecular weight excluding hydrogens is 457 g/mol. The summed E-state index contributed by atoms with van der Waals surface area (Å²) in [5.74, 6) is -1.21. The first-order valence-corrected chi connectivity index (χ1v) is 12.2. The standard InChI is InChI=1S/C30H36FNO4/c1-19-11-12-22(15-27(19)31)16-30(4,5)32-17-24(33)18-36-21(3)28-20(2)25(29(34)35)13-14-26(28)23-9-7-6-8-10-23/h6-15,21,24,32-33H,16-18H2,1-5H3,(H,34,35)/t21?,24-/m1/s1. The molecule has 3 aromatic carbocycles. The molecule has 5 nitrogen and oxygen atoms in total. The van der Waals surface area contributed by atoms with Crippen LogP contribution >= 0.6 is 0 Å². The van der Waals surface area contributed by atoms with Crippen LogP contribution in [0.5, 0.6) is 0 Å². The van der Waals surface area contributed by atoms with Crippen molar-refractivity contribution in [1.82, 2.24) is 5.32 Å². The number of ether oxygens (including phenoxy) is 1. The summed E-state index contributed by atoms with van der Waals surface area (Å²) >= 11 is 0. The van der Waals surface area contributed by atoms with E-state index in [0.29, 0.717) is 24.1 Å². The number of aromatic carboxylic acids is 1. The second-order valence-corrected chi connectivity index (χ2v) is 10.0. The number of halogens is 1. The number of hydrogen-bond acceptors (Lipinski definition) is 4. The van der Waals surface area contributed by atoms with Gasteiger partial charge in [0.1, 0.15) is 5.82 Å². The SMILES string of the molecule is Cc1ccc(CC(C)(C)NC[C@@H](O)COC(C)c2c(-c3ccccc3)ccc(C(=O)O)c2C)cc1F. The predicted molar refractivity (Wildman–Crippen MR) is 141 cm³/mol. The fourth-order valence-corrected chi connectivity index (χ4v) is 4.46. The molecule has 0 amide bonds. The number of nitrogens with one attached hydrogen (secondary N) is 1.